The molecule has 1 saturated heterocycles. The molecule has 146 valence electrons. The van der Waals surface area contributed by atoms with E-state index in [1.54, 1.807) is 25.7 Å². The van der Waals surface area contributed by atoms with E-state index in [1.165, 1.54) is 0 Å². The van der Waals surface area contributed by atoms with Gasteiger partial charge < -0.3 is 14.0 Å². The van der Waals surface area contributed by atoms with Gasteiger partial charge in [0.25, 0.3) is 0 Å². The molecule has 9 nitrogen and oxygen atoms in total. The fraction of sp³-hybridized carbons (Fsp3) is 0.421. The van der Waals surface area contributed by atoms with E-state index < -0.39 is 0 Å². The number of aryl methyl sites for hydroxylation is 1. The van der Waals surface area contributed by atoms with Crippen molar-refractivity contribution in [3.63, 3.8) is 0 Å². The smallest absolute Gasteiger partial charge is 0.316 e. The van der Waals surface area contributed by atoms with Gasteiger partial charge in [0.1, 0.15) is 11.5 Å². The monoisotopic (exact) mass is 381 g/mol. The van der Waals surface area contributed by atoms with E-state index in [1.807, 2.05) is 19.1 Å². The second-order valence-electron chi connectivity index (χ2n) is 6.56. The predicted molar refractivity (Wildman–Crippen MR) is 103 cm³/mol. The van der Waals surface area contributed by atoms with Crippen LogP contribution in [0.2, 0.25) is 0 Å². The summed E-state index contributed by atoms with van der Waals surface area (Å²) in [6.45, 7) is 7.22. The third kappa shape index (κ3) is 4.00. The summed E-state index contributed by atoms with van der Waals surface area (Å²) in [6, 6.07) is 4.26. The average Bonchev–Trinajstić information content (AvgIpc) is 3.13. The first kappa shape index (κ1) is 18.5. The van der Waals surface area contributed by atoms with E-state index in [0.717, 1.165) is 67.9 Å². The summed E-state index contributed by atoms with van der Waals surface area (Å²) in [5.41, 5.74) is 2.63. The zero-order valence-electron chi connectivity index (χ0n) is 16.1. The molecule has 0 aliphatic carbocycles. The zero-order valence-corrected chi connectivity index (χ0v) is 16.1. The van der Waals surface area contributed by atoms with Crippen LogP contribution in [0.3, 0.4) is 0 Å². The molecule has 0 aromatic carbocycles. The molecule has 1 aliphatic heterocycles. The lowest BCUT2D eigenvalue weighted by Gasteiger charge is -2.26. The Morgan fingerprint density at radius 1 is 1.04 bits per heavy atom. The maximum Gasteiger partial charge on any atom is 0.316 e. The molecule has 1 fully saturated rings. The van der Waals surface area contributed by atoms with Gasteiger partial charge in [-0.1, -0.05) is 0 Å². The summed E-state index contributed by atoms with van der Waals surface area (Å²) in [5, 5.41) is 8.64. The molecule has 0 radical (unpaired) electrons. The second-order valence-corrected chi connectivity index (χ2v) is 6.56. The molecule has 0 saturated carbocycles. The van der Waals surface area contributed by atoms with Crippen molar-refractivity contribution < 1.29 is 9.47 Å². The molecule has 4 heterocycles. The Labute approximate surface area is 163 Å². The van der Waals surface area contributed by atoms with Crippen LogP contribution in [0, 0.1) is 6.92 Å². The Morgan fingerprint density at radius 3 is 2.57 bits per heavy atom. The number of pyridine rings is 1. The minimum absolute atomic E-state index is 0.344. The van der Waals surface area contributed by atoms with Crippen molar-refractivity contribution in [3.8, 4) is 28.7 Å². The highest BCUT2D eigenvalue weighted by molar-refractivity contribution is 5.66. The first-order valence-corrected chi connectivity index (χ1v) is 9.27. The molecule has 0 bridgehead atoms. The van der Waals surface area contributed by atoms with E-state index in [2.05, 4.69) is 34.6 Å². The van der Waals surface area contributed by atoms with E-state index >= 15 is 0 Å². The van der Waals surface area contributed by atoms with Crippen LogP contribution in [0.5, 0.6) is 6.01 Å². The van der Waals surface area contributed by atoms with E-state index in [-0.39, 0.29) is 0 Å². The summed E-state index contributed by atoms with van der Waals surface area (Å²) in [6.07, 6.45) is 5.24. The maximum absolute atomic E-state index is 5.42. The Balaban J connectivity index is 1.57. The van der Waals surface area contributed by atoms with Crippen molar-refractivity contribution in [1.82, 2.24) is 34.6 Å². The molecule has 0 spiro atoms. The largest absolute Gasteiger partial charge is 0.467 e. The van der Waals surface area contributed by atoms with Gasteiger partial charge in [-0.05, 0) is 24.6 Å². The summed E-state index contributed by atoms with van der Waals surface area (Å²) < 4.78 is 12.6. The van der Waals surface area contributed by atoms with Crippen LogP contribution in [-0.2, 0) is 11.3 Å². The maximum atomic E-state index is 5.42. The Kier molecular flexibility index (Phi) is 5.54. The van der Waals surface area contributed by atoms with Crippen molar-refractivity contribution in [2.75, 3.05) is 40.0 Å². The molecule has 4 rings (SSSR count). The van der Waals surface area contributed by atoms with Gasteiger partial charge >= 0.3 is 6.01 Å². The topological polar surface area (TPSA) is 91.1 Å². The third-order valence-corrected chi connectivity index (χ3v) is 4.81. The van der Waals surface area contributed by atoms with Crippen LogP contribution < -0.4 is 4.74 Å². The molecule has 1 aliphatic rings. The summed E-state index contributed by atoms with van der Waals surface area (Å²) >= 11 is 0. The fourth-order valence-electron chi connectivity index (χ4n) is 3.21. The van der Waals surface area contributed by atoms with Gasteiger partial charge in [-0.3, -0.25) is 9.88 Å². The molecule has 0 atom stereocenters. The van der Waals surface area contributed by atoms with E-state index in [4.69, 9.17) is 9.47 Å². The van der Waals surface area contributed by atoms with Gasteiger partial charge in [0.2, 0.25) is 0 Å². The number of ether oxygens (including phenoxy) is 2. The van der Waals surface area contributed by atoms with Crippen LogP contribution in [0.25, 0.3) is 22.6 Å². The SMILES string of the molecule is COc1ncc(-c2ccnc(-c3nnc(C)n3CCN3CCOCC3)c2)cn1. The van der Waals surface area contributed by atoms with Gasteiger partial charge in [-0.2, -0.15) is 0 Å². The Bertz CT molecular complexity index is 920. The van der Waals surface area contributed by atoms with Gasteiger partial charge in [0, 0.05) is 50.3 Å². The molecular weight excluding hydrogens is 358 g/mol. The summed E-state index contributed by atoms with van der Waals surface area (Å²) in [4.78, 5) is 15.3. The summed E-state index contributed by atoms with van der Waals surface area (Å²) in [5.74, 6) is 1.64. The highest BCUT2D eigenvalue weighted by atomic mass is 16.5. The summed E-state index contributed by atoms with van der Waals surface area (Å²) in [7, 11) is 1.55. The normalized spacial score (nSPS) is 14.9. The van der Waals surface area contributed by atoms with Gasteiger partial charge in [0.05, 0.1) is 20.3 Å². The Hall–Kier alpha value is -2.91. The molecule has 3 aromatic heterocycles. The van der Waals surface area contributed by atoms with Crippen molar-refractivity contribution >= 4 is 0 Å². The lowest BCUT2D eigenvalue weighted by Crippen LogP contribution is -2.38. The van der Waals surface area contributed by atoms with E-state index in [0.29, 0.717) is 6.01 Å². The Morgan fingerprint density at radius 2 is 1.82 bits per heavy atom. The van der Waals surface area contributed by atoms with Gasteiger partial charge in [0.15, 0.2) is 5.82 Å². The minimum atomic E-state index is 0.344. The van der Waals surface area contributed by atoms with Crippen LogP contribution in [0.4, 0.5) is 0 Å². The average molecular weight is 381 g/mol. The van der Waals surface area contributed by atoms with Crippen molar-refractivity contribution in [2.45, 2.75) is 13.5 Å². The first-order chi connectivity index (χ1) is 13.7. The highest BCUT2D eigenvalue weighted by Crippen LogP contribution is 2.24. The molecular formula is C19H23N7O2. The number of aromatic nitrogens is 6. The quantitative estimate of drug-likeness (QED) is 0.634. The van der Waals surface area contributed by atoms with Crippen LogP contribution in [0.1, 0.15) is 5.82 Å². The molecule has 3 aromatic rings. The molecule has 0 amide bonds. The number of nitrogens with zero attached hydrogens (tertiary/aromatic N) is 7. The van der Waals surface area contributed by atoms with E-state index in [9.17, 15) is 0 Å². The minimum Gasteiger partial charge on any atom is -0.467 e. The predicted octanol–water partition coefficient (Wildman–Crippen LogP) is 1.45. The van der Waals surface area contributed by atoms with Gasteiger partial charge in [-0.25, -0.2) is 9.97 Å². The fourth-order valence-corrected chi connectivity index (χ4v) is 3.21. The number of rotatable bonds is 6. The molecule has 28 heavy (non-hydrogen) atoms. The number of hydrogen-bond donors (Lipinski definition) is 0. The molecule has 0 unspecified atom stereocenters. The standard InChI is InChI=1S/C19H23N7O2/c1-14-23-24-18(26(14)6-5-25-7-9-28-10-8-25)17-11-15(3-4-20-17)16-12-21-19(27-2)22-13-16/h3-4,11-13H,5-10H2,1-2H3. The zero-order chi connectivity index (χ0) is 19.3. The van der Waals surface area contributed by atoms with Crippen LogP contribution >= 0.6 is 0 Å². The van der Waals surface area contributed by atoms with Crippen LogP contribution in [0.15, 0.2) is 30.7 Å². The van der Waals surface area contributed by atoms with Crippen molar-refractivity contribution in [2.24, 2.45) is 0 Å². The van der Waals surface area contributed by atoms with Crippen molar-refractivity contribution in [3.05, 3.63) is 36.5 Å². The third-order valence-electron chi connectivity index (χ3n) is 4.81. The lowest BCUT2D eigenvalue weighted by molar-refractivity contribution is 0.0364. The van der Waals surface area contributed by atoms with Crippen molar-refractivity contribution in [1.29, 1.82) is 0 Å². The second kappa shape index (κ2) is 8.41. The molecule has 9 heteroatoms. The number of methoxy groups -OCH3 is 1. The first-order valence-electron chi connectivity index (χ1n) is 9.27. The number of hydrogen-bond acceptors (Lipinski definition) is 8. The molecule has 0 N–H and O–H groups in total. The highest BCUT2D eigenvalue weighted by Gasteiger charge is 2.16. The van der Waals surface area contributed by atoms with Gasteiger partial charge in [-0.15, -0.1) is 10.2 Å². The van der Waals surface area contributed by atoms with Crippen LogP contribution in [-0.4, -0.2) is 74.6 Å². The lowest BCUT2D eigenvalue weighted by atomic mass is 10.1. The number of morpholine rings is 1.